The molecule has 2 bridgehead atoms. The van der Waals surface area contributed by atoms with Gasteiger partial charge in [0.15, 0.2) is 0 Å². The van der Waals surface area contributed by atoms with Crippen molar-refractivity contribution in [1.29, 1.82) is 0 Å². The minimum Gasteiger partial charge on any atom is -0.389 e. The highest BCUT2D eigenvalue weighted by atomic mass is 32.2. The summed E-state index contributed by atoms with van der Waals surface area (Å²) < 4.78 is 29.0. The van der Waals surface area contributed by atoms with Crippen molar-refractivity contribution in [2.75, 3.05) is 18.8 Å². The van der Waals surface area contributed by atoms with Crippen LogP contribution < -0.4 is 0 Å². The lowest BCUT2D eigenvalue weighted by Gasteiger charge is -2.48. The molecule has 30 heavy (non-hydrogen) atoms. The van der Waals surface area contributed by atoms with Gasteiger partial charge in [0.05, 0.1) is 11.4 Å². The van der Waals surface area contributed by atoms with Crippen molar-refractivity contribution in [2.45, 2.75) is 70.3 Å². The van der Waals surface area contributed by atoms with Crippen LogP contribution in [0, 0.1) is 16.7 Å². The van der Waals surface area contributed by atoms with E-state index in [2.05, 4.69) is 50.3 Å². The Labute approximate surface area is 181 Å². The number of piperidine rings is 1. The molecule has 1 spiro atoms. The van der Waals surface area contributed by atoms with Crippen molar-refractivity contribution in [3.8, 4) is 0 Å². The van der Waals surface area contributed by atoms with Crippen LogP contribution in [0.5, 0.6) is 0 Å². The van der Waals surface area contributed by atoms with Crippen molar-refractivity contribution in [3.63, 3.8) is 0 Å². The molecule has 164 valence electrons. The molecule has 4 nitrogen and oxygen atoms in total. The molecule has 3 unspecified atom stereocenters. The number of fused-ring (bicyclic) bond motifs is 4. The normalized spacial score (nSPS) is 36.5. The number of rotatable bonds is 4. The van der Waals surface area contributed by atoms with Gasteiger partial charge in [-0.3, -0.25) is 0 Å². The Bertz CT molecular complexity index is 989. The molecule has 1 saturated heterocycles. The molecule has 5 heteroatoms. The third kappa shape index (κ3) is 2.55. The van der Waals surface area contributed by atoms with E-state index in [1.54, 1.807) is 4.31 Å². The molecule has 0 aromatic heterocycles. The van der Waals surface area contributed by atoms with E-state index >= 15 is 0 Å². The Morgan fingerprint density at radius 1 is 1.13 bits per heavy atom. The number of hydrogen-bond acceptors (Lipinski definition) is 3. The molecule has 5 rings (SSSR count). The van der Waals surface area contributed by atoms with Gasteiger partial charge in [0.1, 0.15) is 0 Å². The molecule has 1 N–H and O–H groups in total. The average molecular weight is 430 g/mol. The van der Waals surface area contributed by atoms with E-state index < -0.39 is 21.0 Å². The Balaban J connectivity index is 1.38. The minimum absolute atomic E-state index is 0.0177. The summed E-state index contributed by atoms with van der Waals surface area (Å²) in [4.78, 5) is 0. The van der Waals surface area contributed by atoms with Gasteiger partial charge in [-0.05, 0) is 61.0 Å². The highest BCUT2D eigenvalue weighted by Gasteiger charge is 2.71. The molecule has 3 aliphatic carbocycles. The van der Waals surface area contributed by atoms with E-state index in [9.17, 15) is 13.5 Å². The quantitative estimate of drug-likeness (QED) is 0.774. The van der Waals surface area contributed by atoms with Gasteiger partial charge in [-0.2, -0.15) is 0 Å². The molecule has 3 atom stereocenters. The van der Waals surface area contributed by atoms with Crippen LogP contribution in [0.25, 0.3) is 6.08 Å². The van der Waals surface area contributed by atoms with Crippen LogP contribution >= 0.6 is 0 Å². The topological polar surface area (TPSA) is 57.6 Å². The molecule has 1 aromatic rings. The van der Waals surface area contributed by atoms with E-state index in [4.69, 9.17) is 0 Å². The first-order valence-corrected chi connectivity index (χ1v) is 13.2. The minimum atomic E-state index is -3.44. The third-order valence-corrected chi connectivity index (χ3v) is 11.8. The first kappa shape index (κ1) is 20.7. The van der Waals surface area contributed by atoms with Gasteiger partial charge in [0, 0.05) is 23.9 Å². The molecule has 2 saturated carbocycles. The molecule has 3 fully saturated rings. The number of sulfonamides is 1. The maximum Gasteiger partial charge on any atom is 0.214 e. The van der Waals surface area contributed by atoms with E-state index in [1.807, 2.05) is 6.92 Å². The average Bonchev–Trinajstić information content (AvgIpc) is 3.24. The zero-order chi connectivity index (χ0) is 21.4. The van der Waals surface area contributed by atoms with Crippen molar-refractivity contribution in [1.82, 2.24) is 4.31 Å². The van der Waals surface area contributed by atoms with Gasteiger partial charge in [0.2, 0.25) is 10.0 Å². The van der Waals surface area contributed by atoms with Gasteiger partial charge < -0.3 is 5.11 Å². The van der Waals surface area contributed by atoms with Crippen LogP contribution in [0.2, 0.25) is 0 Å². The molecular formula is C25H35NO3S. The lowest BCUT2D eigenvalue weighted by atomic mass is 9.63. The summed E-state index contributed by atoms with van der Waals surface area (Å²) in [6, 6.07) is 8.49. The van der Waals surface area contributed by atoms with Crippen molar-refractivity contribution >= 4 is 16.1 Å². The van der Waals surface area contributed by atoms with Gasteiger partial charge in [0.25, 0.3) is 0 Å². The van der Waals surface area contributed by atoms with Crippen LogP contribution in [-0.4, -0.2) is 42.3 Å². The lowest BCUT2D eigenvalue weighted by molar-refractivity contribution is -0.0897. The summed E-state index contributed by atoms with van der Waals surface area (Å²) in [5, 5.41) is 11.5. The second kappa shape index (κ2) is 6.43. The van der Waals surface area contributed by atoms with Crippen molar-refractivity contribution < 1.29 is 13.5 Å². The Morgan fingerprint density at radius 2 is 1.83 bits per heavy atom. The highest BCUT2D eigenvalue weighted by molar-refractivity contribution is 7.89. The van der Waals surface area contributed by atoms with Crippen molar-refractivity contribution in [2.24, 2.45) is 16.7 Å². The third-order valence-electron chi connectivity index (χ3n) is 9.75. The maximum absolute atomic E-state index is 13.7. The summed E-state index contributed by atoms with van der Waals surface area (Å²) in [7, 11) is -3.44. The van der Waals surface area contributed by atoms with Crippen LogP contribution in [-0.2, 0) is 15.4 Å². The van der Waals surface area contributed by atoms with Gasteiger partial charge in [-0.15, -0.1) is 0 Å². The zero-order valence-electron chi connectivity index (χ0n) is 18.5. The van der Waals surface area contributed by atoms with Crippen LogP contribution in [0.15, 0.2) is 30.3 Å². The summed E-state index contributed by atoms with van der Waals surface area (Å²) in [6.45, 7) is 7.52. The summed E-state index contributed by atoms with van der Waals surface area (Å²) in [5.74, 6) is 0.509. The standard InChI is InChI=1S/C25H35NO3S/c1-4-25(27)17-20-10-12-24(25,22(20,2)3)18-30(28,29)26-15-13-23(14-16-26)11-9-19-7-5-6-8-21(19)23/h5-9,11,20,27H,4,10,12-18H2,1-3H3. The van der Waals surface area contributed by atoms with E-state index in [-0.39, 0.29) is 16.6 Å². The van der Waals surface area contributed by atoms with E-state index in [0.717, 1.165) is 32.1 Å². The van der Waals surface area contributed by atoms with Gasteiger partial charge in [-0.1, -0.05) is 57.2 Å². The molecule has 1 aromatic carbocycles. The number of aliphatic hydroxyl groups is 1. The smallest absolute Gasteiger partial charge is 0.214 e. The Kier molecular flexibility index (Phi) is 4.44. The van der Waals surface area contributed by atoms with Crippen LogP contribution in [0.4, 0.5) is 0 Å². The summed E-state index contributed by atoms with van der Waals surface area (Å²) in [6.07, 6.45) is 9.38. The van der Waals surface area contributed by atoms with E-state index in [1.165, 1.54) is 11.1 Å². The molecule has 0 amide bonds. The van der Waals surface area contributed by atoms with Gasteiger partial charge >= 0.3 is 0 Å². The molecule has 1 aliphatic heterocycles. The zero-order valence-corrected chi connectivity index (χ0v) is 19.3. The first-order chi connectivity index (χ1) is 14.1. The SMILES string of the molecule is CCC1(O)CC2CCC1(CS(=O)(=O)N1CCC3(C=Cc4ccccc43)CC1)C2(C)C. The molecule has 4 aliphatic rings. The first-order valence-electron chi connectivity index (χ1n) is 11.6. The monoisotopic (exact) mass is 429 g/mol. The van der Waals surface area contributed by atoms with Crippen LogP contribution in [0.1, 0.15) is 70.4 Å². The second-order valence-electron chi connectivity index (χ2n) is 10.9. The van der Waals surface area contributed by atoms with Crippen LogP contribution in [0.3, 0.4) is 0 Å². The number of allylic oxidation sites excluding steroid dienone is 1. The lowest BCUT2D eigenvalue weighted by Crippen LogP contribution is -2.56. The number of benzene rings is 1. The molecule has 1 heterocycles. The number of hydrogen-bond donors (Lipinski definition) is 1. The predicted octanol–water partition coefficient (Wildman–Crippen LogP) is 4.34. The largest absolute Gasteiger partial charge is 0.389 e. The fourth-order valence-corrected chi connectivity index (χ4v) is 9.93. The Morgan fingerprint density at radius 3 is 2.50 bits per heavy atom. The molecule has 0 radical (unpaired) electrons. The predicted molar refractivity (Wildman–Crippen MR) is 121 cm³/mol. The van der Waals surface area contributed by atoms with E-state index in [0.29, 0.717) is 25.4 Å². The van der Waals surface area contributed by atoms with Gasteiger partial charge in [-0.25, -0.2) is 12.7 Å². The summed E-state index contributed by atoms with van der Waals surface area (Å²) >= 11 is 0. The highest BCUT2D eigenvalue weighted by Crippen LogP contribution is 2.71. The summed E-state index contributed by atoms with van der Waals surface area (Å²) in [5.41, 5.74) is 1.05. The fraction of sp³-hybridized carbons (Fsp3) is 0.680. The van der Waals surface area contributed by atoms with Crippen molar-refractivity contribution in [3.05, 3.63) is 41.5 Å². The molecular weight excluding hydrogens is 394 g/mol. The fourth-order valence-electron chi connectivity index (χ4n) is 7.60. The second-order valence-corrected chi connectivity index (χ2v) is 12.8. The maximum atomic E-state index is 13.7. The number of nitrogens with zero attached hydrogens (tertiary/aromatic N) is 1. The Hall–Kier alpha value is -1.17.